The summed E-state index contributed by atoms with van der Waals surface area (Å²) >= 11 is 0. The molecule has 2 unspecified atom stereocenters. The fourth-order valence-electron chi connectivity index (χ4n) is 1.95. The molecule has 1 aliphatic rings. The predicted molar refractivity (Wildman–Crippen MR) is 64.6 cm³/mol. The minimum absolute atomic E-state index is 0.133. The standard InChI is InChI=1S/C13H16N2O2/c1-9-2-4-12(17-9)8-16-13-5-3-11(15)6-10(13)7-14/h3,5-6,9,12H,2,4,8,15H2,1H3. The molecule has 0 amide bonds. The van der Waals surface area contributed by atoms with E-state index in [2.05, 4.69) is 13.0 Å². The molecule has 0 saturated carbocycles. The Morgan fingerprint density at radius 3 is 3.00 bits per heavy atom. The topological polar surface area (TPSA) is 68.3 Å². The number of nitrogens with zero attached hydrogens (tertiary/aromatic N) is 1. The van der Waals surface area contributed by atoms with Crippen molar-refractivity contribution >= 4 is 5.69 Å². The van der Waals surface area contributed by atoms with Crippen molar-refractivity contribution in [3.63, 3.8) is 0 Å². The summed E-state index contributed by atoms with van der Waals surface area (Å²) in [6, 6.07) is 7.15. The maximum Gasteiger partial charge on any atom is 0.137 e. The van der Waals surface area contributed by atoms with Crippen molar-refractivity contribution in [2.75, 3.05) is 12.3 Å². The highest BCUT2D eigenvalue weighted by Crippen LogP contribution is 2.23. The number of nitrogen functional groups attached to an aromatic ring is 1. The van der Waals surface area contributed by atoms with Gasteiger partial charge < -0.3 is 15.2 Å². The van der Waals surface area contributed by atoms with Crippen LogP contribution in [0.25, 0.3) is 0 Å². The van der Waals surface area contributed by atoms with E-state index in [4.69, 9.17) is 20.5 Å². The van der Waals surface area contributed by atoms with Crippen molar-refractivity contribution in [3.8, 4) is 11.8 Å². The van der Waals surface area contributed by atoms with E-state index in [0.717, 1.165) is 12.8 Å². The lowest BCUT2D eigenvalue weighted by atomic mass is 10.2. The first kappa shape index (κ1) is 11.7. The summed E-state index contributed by atoms with van der Waals surface area (Å²) in [5.74, 6) is 0.574. The van der Waals surface area contributed by atoms with Gasteiger partial charge in [-0.3, -0.25) is 0 Å². The third kappa shape index (κ3) is 2.89. The quantitative estimate of drug-likeness (QED) is 0.810. The van der Waals surface area contributed by atoms with Crippen LogP contribution in [0.3, 0.4) is 0 Å². The van der Waals surface area contributed by atoms with Gasteiger partial charge in [0.2, 0.25) is 0 Å². The molecule has 1 aromatic rings. The SMILES string of the molecule is CC1CCC(COc2ccc(N)cc2C#N)O1. The summed E-state index contributed by atoms with van der Waals surface area (Å²) in [5, 5.41) is 8.96. The van der Waals surface area contributed by atoms with E-state index in [0.29, 0.717) is 29.7 Å². The van der Waals surface area contributed by atoms with Gasteiger partial charge in [0, 0.05) is 5.69 Å². The van der Waals surface area contributed by atoms with Crippen LogP contribution in [-0.2, 0) is 4.74 Å². The monoisotopic (exact) mass is 232 g/mol. The molecule has 2 atom stereocenters. The Balaban J connectivity index is 1.97. The van der Waals surface area contributed by atoms with Crippen LogP contribution in [0.1, 0.15) is 25.3 Å². The van der Waals surface area contributed by atoms with E-state index >= 15 is 0 Å². The number of benzene rings is 1. The Kier molecular flexibility index (Phi) is 3.50. The van der Waals surface area contributed by atoms with Crippen LogP contribution in [0.15, 0.2) is 18.2 Å². The summed E-state index contributed by atoms with van der Waals surface area (Å²) in [4.78, 5) is 0. The number of nitriles is 1. The van der Waals surface area contributed by atoms with Gasteiger partial charge in [-0.2, -0.15) is 5.26 Å². The number of rotatable bonds is 3. The van der Waals surface area contributed by atoms with E-state index in [-0.39, 0.29) is 6.10 Å². The van der Waals surface area contributed by atoms with E-state index in [1.165, 1.54) is 0 Å². The average molecular weight is 232 g/mol. The van der Waals surface area contributed by atoms with E-state index in [1.807, 2.05) is 0 Å². The molecule has 90 valence electrons. The predicted octanol–water partition coefficient (Wildman–Crippen LogP) is 2.09. The van der Waals surface area contributed by atoms with Gasteiger partial charge in [-0.25, -0.2) is 0 Å². The van der Waals surface area contributed by atoms with Crippen LogP contribution in [0.5, 0.6) is 5.75 Å². The molecule has 1 saturated heterocycles. The zero-order chi connectivity index (χ0) is 12.3. The van der Waals surface area contributed by atoms with Gasteiger partial charge in [-0.1, -0.05) is 0 Å². The average Bonchev–Trinajstić information content (AvgIpc) is 2.73. The van der Waals surface area contributed by atoms with Gasteiger partial charge in [-0.15, -0.1) is 0 Å². The summed E-state index contributed by atoms with van der Waals surface area (Å²) in [6.07, 6.45) is 2.53. The van der Waals surface area contributed by atoms with Gasteiger partial charge in [0.1, 0.15) is 18.4 Å². The molecule has 1 fully saturated rings. The molecule has 0 radical (unpaired) electrons. The summed E-state index contributed by atoms with van der Waals surface area (Å²) in [5.41, 5.74) is 6.65. The normalized spacial score (nSPS) is 23.3. The molecule has 17 heavy (non-hydrogen) atoms. The summed E-state index contributed by atoms with van der Waals surface area (Å²) in [7, 11) is 0. The maximum absolute atomic E-state index is 8.96. The molecule has 2 N–H and O–H groups in total. The van der Waals surface area contributed by atoms with Crippen LogP contribution < -0.4 is 10.5 Å². The molecule has 0 spiro atoms. The zero-order valence-corrected chi connectivity index (χ0v) is 9.85. The third-order valence-corrected chi connectivity index (χ3v) is 2.87. The van der Waals surface area contributed by atoms with E-state index < -0.39 is 0 Å². The van der Waals surface area contributed by atoms with Crippen LogP contribution in [-0.4, -0.2) is 18.8 Å². The Bertz CT molecular complexity index is 440. The number of nitrogens with two attached hydrogens (primary N) is 1. The summed E-state index contributed by atoms with van der Waals surface area (Å²) < 4.78 is 11.3. The first-order chi connectivity index (χ1) is 8.19. The van der Waals surface area contributed by atoms with Crippen molar-refractivity contribution < 1.29 is 9.47 Å². The molecular weight excluding hydrogens is 216 g/mol. The highest BCUT2D eigenvalue weighted by molar-refractivity contribution is 5.53. The van der Waals surface area contributed by atoms with Crippen molar-refractivity contribution in [1.82, 2.24) is 0 Å². The van der Waals surface area contributed by atoms with Gasteiger partial charge >= 0.3 is 0 Å². The molecular formula is C13H16N2O2. The second-order valence-electron chi connectivity index (χ2n) is 4.32. The lowest BCUT2D eigenvalue weighted by Crippen LogP contribution is -2.18. The molecule has 2 rings (SSSR count). The largest absolute Gasteiger partial charge is 0.489 e. The smallest absolute Gasteiger partial charge is 0.137 e. The van der Waals surface area contributed by atoms with E-state index in [9.17, 15) is 0 Å². The van der Waals surface area contributed by atoms with Gasteiger partial charge in [0.05, 0.1) is 17.8 Å². The molecule has 4 nitrogen and oxygen atoms in total. The van der Waals surface area contributed by atoms with Crippen LogP contribution in [0, 0.1) is 11.3 Å². The Morgan fingerprint density at radius 2 is 2.35 bits per heavy atom. The second kappa shape index (κ2) is 5.07. The van der Waals surface area contributed by atoms with Gasteiger partial charge in [0.15, 0.2) is 0 Å². The number of hydrogen-bond acceptors (Lipinski definition) is 4. The number of hydrogen-bond donors (Lipinski definition) is 1. The number of ether oxygens (including phenoxy) is 2. The first-order valence-corrected chi connectivity index (χ1v) is 5.77. The molecule has 1 aromatic carbocycles. The molecule has 1 heterocycles. The first-order valence-electron chi connectivity index (χ1n) is 5.77. The minimum Gasteiger partial charge on any atom is -0.489 e. The fourth-order valence-corrected chi connectivity index (χ4v) is 1.95. The Labute approximate surface area is 101 Å². The lowest BCUT2D eigenvalue weighted by Gasteiger charge is -2.13. The van der Waals surface area contributed by atoms with Crippen molar-refractivity contribution in [1.29, 1.82) is 5.26 Å². The summed E-state index contributed by atoms with van der Waals surface area (Å²) in [6.45, 7) is 2.55. The molecule has 0 aromatic heterocycles. The molecule has 4 heteroatoms. The third-order valence-electron chi connectivity index (χ3n) is 2.87. The molecule has 0 aliphatic carbocycles. The number of anilines is 1. The molecule has 0 bridgehead atoms. The van der Waals surface area contributed by atoms with E-state index in [1.54, 1.807) is 18.2 Å². The van der Waals surface area contributed by atoms with Crippen molar-refractivity contribution in [2.45, 2.75) is 32.0 Å². The molecule has 1 aliphatic heterocycles. The second-order valence-corrected chi connectivity index (χ2v) is 4.32. The fraction of sp³-hybridized carbons (Fsp3) is 0.462. The van der Waals surface area contributed by atoms with Gasteiger partial charge in [0.25, 0.3) is 0 Å². The highest BCUT2D eigenvalue weighted by Gasteiger charge is 2.22. The lowest BCUT2D eigenvalue weighted by molar-refractivity contribution is 0.0264. The van der Waals surface area contributed by atoms with Crippen LogP contribution in [0.4, 0.5) is 5.69 Å². The maximum atomic E-state index is 8.96. The van der Waals surface area contributed by atoms with Crippen LogP contribution >= 0.6 is 0 Å². The minimum atomic E-state index is 0.133. The van der Waals surface area contributed by atoms with Crippen molar-refractivity contribution in [3.05, 3.63) is 23.8 Å². The van der Waals surface area contributed by atoms with Crippen LogP contribution in [0.2, 0.25) is 0 Å². The zero-order valence-electron chi connectivity index (χ0n) is 9.85. The van der Waals surface area contributed by atoms with Crippen molar-refractivity contribution in [2.24, 2.45) is 0 Å². The van der Waals surface area contributed by atoms with Gasteiger partial charge in [-0.05, 0) is 38.0 Å². The highest BCUT2D eigenvalue weighted by atomic mass is 16.5. The Hall–Kier alpha value is -1.73. The Morgan fingerprint density at radius 1 is 1.53 bits per heavy atom.